The Morgan fingerprint density at radius 3 is 1.88 bits per heavy atom. The molecule has 2 aromatic rings. The maximum Gasteiger partial charge on any atom is 0.309 e. The zero-order valence-corrected chi connectivity index (χ0v) is 17.2. The Morgan fingerprint density at radius 1 is 0.962 bits per heavy atom. The Kier molecular flexibility index (Phi) is 5.19. The van der Waals surface area contributed by atoms with Crippen LogP contribution >= 0.6 is 0 Å². The molecule has 136 valence electrons. The summed E-state index contributed by atoms with van der Waals surface area (Å²) in [6.07, 6.45) is 3.34. The molecule has 1 atom stereocenters. The highest BCUT2D eigenvalue weighted by atomic mass is 28.3. The van der Waals surface area contributed by atoms with Crippen molar-refractivity contribution in [2.24, 2.45) is 0 Å². The molecule has 0 aromatic heterocycles. The molecule has 0 N–H and O–H groups in total. The molecule has 0 aliphatic carbocycles. The van der Waals surface area contributed by atoms with E-state index in [0.717, 1.165) is 6.42 Å². The molecule has 26 heavy (non-hydrogen) atoms. The fourth-order valence-corrected chi connectivity index (χ4v) is 10.6. The monoisotopic (exact) mass is 364 g/mol. The number of benzene rings is 2. The predicted molar refractivity (Wildman–Crippen MR) is 110 cm³/mol. The topological polar surface area (TPSA) is 26.3 Å². The summed E-state index contributed by atoms with van der Waals surface area (Å²) >= 11 is 0. The number of esters is 1. The third kappa shape index (κ3) is 3.16. The molecule has 0 bridgehead atoms. The minimum absolute atomic E-state index is 0.0170. The quantitative estimate of drug-likeness (QED) is 0.462. The van der Waals surface area contributed by atoms with Crippen LogP contribution in [0.25, 0.3) is 0 Å². The average Bonchev–Trinajstić information content (AvgIpc) is 2.62. The summed E-state index contributed by atoms with van der Waals surface area (Å²) in [7, 11) is -2.43. The molecule has 0 amide bonds. The Hall–Kier alpha value is -2.13. The van der Waals surface area contributed by atoms with Gasteiger partial charge in [0, 0.05) is 6.42 Å². The molecule has 1 fully saturated rings. The van der Waals surface area contributed by atoms with Gasteiger partial charge in [-0.2, -0.15) is 0 Å². The van der Waals surface area contributed by atoms with Gasteiger partial charge in [-0.05, 0) is 22.3 Å². The van der Waals surface area contributed by atoms with Crippen LogP contribution in [0.5, 0.6) is 0 Å². The second-order valence-corrected chi connectivity index (χ2v) is 13.0. The smallest absolute Gasteiger partial charge is 0.309 e. The molecular formula is C23H28O2Si. The Morgan fingerprint density at radius 2 is 1.46 bits per heavy atom. The van der Waals surface area contributed by atoms with Crippen LogP contribution < -0.4 is 10.4 Å². The standard InChI is InChI=1S/C23H28O2Si/c1-5-18-16-21(24)25-22(17-18)26(23(2,3)4,19-12-8-6-9-13-19)20-14-10-7-11-15-20/h5-15,22H,16-17H2,1-4H3/b18-5-. The minimum atomic E-state index is -2.43. The third-order valence-electron chi connectivity index (χ3n) is 5.63. The van der Waals surface area contributed by atoms with Gasteiger partial charge in [0.25, 0.3) is 0 Å². The van der Waals surface area contributed by atoms with Gasteiger partial charge in [-0.1, -0.05) is 93.1 Å². The molecule has 3 rings (SSSR count). The first kappa shape index (κ1) is 18.7. The van der Waals surface area contributed by atoms with Gasteiger partial charge in [0.1, 0.15) is 5.73 Å². The van der Waals surface area contributed by atoms with Crippen LogP contribution in [0.3, 0.4) is 0 Å². The van der Waals surface area contributed by atoms with Crippen LogP contribution in [0, 0.1) is 0 Å². The molecule has 0 spiro atoms. The molecule has 1 aliphatic rings. The van der Waals surface area contributed by atoms with Gasteiger partial charge in [-0.3, -0.25) is 4.79 Å². The molecule has 1 aliphatic heterocycles. The number of rotatable bonds is 3. The fourth-order valence-electron chi connectivity index (χ4n) is 4.49. The van der Waals surface area contributed by atoms with Gasteiger partial charge < -0.3 is 4.74 Å². The van der Waals surface area contributed by atoms with Crippen molar-refractivity contribution in [3.63, 3.8) is 0 Å². The summed E-state index contributed by atoms with van der Waals surface area (Å²) in [5.74, 6) is -0.0951. The van der Waals surface area contributed by atoms with E-state index >= 15 is 0 Å². The second kappa shape index (κ2) is 7.24. The number of cyclic esters (lactones) is 1. The van der Waals surface area contributed by atoms with Crippen molar-refractivity contribution in [2.75, 3.05) is 0 Å². The van der Waals surface area contributed by atoms with Gasteiger partial charge >= 0.3 is 5.97 Å². The summed E-state index contributed by atoms with van der Waals surface area (Å²) in [4.78, 5) is 12.4. The molecule has 1 unspecified atom stereocenters. The summed E-state index contributed by atoms with van der Waals surface area (Å²) < 4.78 is 6.10. The Balaban J connectivity index is 2.29. The highest BCUT2D eigenvalue weighted by molar-refractivity contribution is 7.05. The minimum Gasteiger partial charge on any atom is -0.465 e. The molecule has 1 saturated heterocycles. The van der Waals surface area contributed by atoms with Gasteiger partial charge in [0.15, 0.2) is 8.07 Å². The molecule has 2 nitrogen and oxygen atoms in total. The molecule has 2 aromatic carbocycles. The van der Waals surface area contributed by atoms with E-state index < -0.39 is 8.07 Å². The van der Waals surface area contributed by atoms with Crippen molar-refractivity contribution in [1.29, 1.82) is 0 Å². The summed E-state index contributed by atoms with van der Waals surface area (Å²) in [6, 6.07) is 21.4. The van der Waals surface area contributed by atoms with Crippen LogP contribution in [-0.2, 0) is 9.53 Å². The first-order chi connectivity index (χ1) is 12.4. The molecule has 0 radical (unpaired) electrons. The van der Waals surface area contributed by atoms with E-state index in [-0.39, 0.29) is 16.7 Å². The van der Waals surface area contributed by atoms with Crippen molar-refractivity contribution >= 4 is 24.4 Å². The lowest BCUT2D eigenvalue weighted by Gasteiger charge is -2.49. The lowest BCUT2D eigenvalue weighted by atomic mass is 10.1. The van der Waals surface area contributed by atoms with Crippen molar-refractivity contribution in [3.8, 4) is 0 Å². The molecule has 3 heteroatoms. The molecule has 1 heterocycles. The van der Waals surface area contributed by atoms with Crippen molar-refractivity contribution in [3.05, 3.63) is 72.3 Å². The van der Waals surface area contributed by atoms with Crippen LogP contribution in [-0.4, -0.2) is 19.8 Å². The zero-order chi connectivity index (χ0) is 18.8. The number of hydrogen-bond acceptors (Lipinski definition) is 2. The van der Waals surface area contributed by atoms with Crippen molar-refractivity contribution in [1.82, 2.24) is 0 Å². The van der Waals surface area contributed by atoms with E-state index in [0.29, 0.717) is 6.42 Å². The Labute approximate surface area is 157 Å². The van der Waals surface area contributed by atoms with E-state index in [4.69, 9.17) is 4.74 Å². The van der Waals surface area contributed by atoms with E-state index in [2.05, 4.69) is 87.5 Å². The number of carbonyl (C=O) groups is 1. The van der Waals surface area contributed by atoms with Gasteiger partial charge in [-0.25, -0.2) is 0 Å². The maximum absolute atomic E-state index is 12.4. The predicted octanol–water partition coefficient (Wildman–Crippen LogP) is 4.24. The van der Waals surface area contributed by atoms with Gasteiger partial charge in [0.2, 0.25) is 0 Å². The normalized spacial score (nSPS) is 20.1. The number of allylic oxidation sites excluding steroid dienone is 1. The summed E-state index contributed by atoms with van der Waals surface area (Å²) in [6.45, 7) is 8.93. The lowest BCUT2D eigenvalue weighted by Crippen LogP contribution is -2.73. The first-order valence-electron chi connectivity index (χ1n) is 9.34. The lowest BCUT2D eigenvalue weighted by molar-refractivity contribution is -0.147. The van der Waals surface area contributed by atoms with E-state index in [1.165, 1.54) is 15.9 Å². The van der Waals surface area contributed by atoms with Crippen LogP contribution in [0.15, 0.2) is 72.3 Å². The van der Waals surface area contributed by atoms with Crippen LogP contribution in [0.4, 0.5) is 0 Å². The summed E-state index contributed by atoms with van der Waals surface area (Å²) in [5, 5.41) is 2.64. The van der Waals surface area contributed by atoms with Gasteiger partial charge in [-0.15, -0.1) is 0 Å². The Bertz CT molecular complexity index is 748. The van der Waals surface area contributed by atoms with Crippen molar-refractivity contribution < 1.29 is 9.53 Å². The number of ether oxygens (including phenoxy) is 1. The fraction of sp³-hybridized carbons (Fsp3) is 0.348. The van der Waals surface area contributed by atoms with Crippen molar-refractivity contribution in [2.45, 2.75) is 51.3 Å². The highest BCUT2D eigenvalue weighted by Crippen LogP contribution is 2.42. The average molecular weight is 365 g/mol. The number of carbonyl (C=O) groups excluding carboxylic acids is 1. The number of hydrogen-bond donors (Lipinski definition) is 0. The van der Waals surface area contributed by atoms with Crippen LogP contribution in [0.2, 0.25) is 5.04 Å². The first-order valence-corrected chi connectivity index (χ1v) is 11.4. The molecule has 0 saturated carbocycles. The van der Waals surface area contributed by atoms with E-state index in [1.54, 1.807) is 0 Å². The summed E-state index contributed by atoms with van der Waals surface area (Å²) in [5.41, 5.74) is 1.10. The SMILES string of the molecule is C/C=C1/CC(=O)OC([Si](c2ccccc2)(c2ccccc2)C(C)(C)C)C1. The zero-order valence-electron chi connectivity index (χ0n) is 16.2. The third-order valence-corrected chi connectivity index (χ3v) is 11.8. The molecular weight excluding hydrogens is 336 g/mol. The maximum atomic E-state index is 12.4. The second-order valence-electron chi connectivity index (χ2n) is 8.10. The van der Waals surface area contributed by atoms with E-state index in [1.807, 2.05) is 6.92 Å². The van der Waals surface area contributed by atoms with E-state index in [9.17, 15) is 4.79 Å². The van der Waals surface area contributed by atoms with Gasteiger partial charge in [0.05, 0.1) is 6.42 Å². The largest absolute Gasteiger partial charge is 0.465 e. The highest BCUT2D eigenvalue weighted by Gasteiger charge is 2.56. The van der Waals surface area contributed by atoms with Crippen LogP contribution in [0.1, 0.15) is 40.5 Å².